The normalized spacial score (nSPS) is 18.7. The molecule has 0 radical (unpaired) electrons. The number of nitrogens with zero attached hydrogens (tertiary/aromatic N) is 1. The van der Waals surface area contributed by atoms with Gasteiger partial charge in [-0.15, -0.1) is 0 Å². The van der Waals surface area contributed by atoms with Crippen LogP contribution >= 0.6 is 0 Å². The Labute approximate surface area is 238 Å². The van der Waals surface area contributed by atoms with Gasteiger partial charge in [0.25, 0.3) is 0 Å². The van der Waals surface area contributed by atoms with Gasteiger partial charge in [-0.2, -0.15) is 0 Å². The molecule has 0 spiro atoms. The molecule has 0 bridgehead atoms. The van der Waals surface area contributed by atoms with Gasteiger partial charge in [-0.25, -0.2) is 4.39 Å². The molecule has 4 rings (SSSR count). The first-order chi connectivity index (χ1) is 18.6. The van der Waals surface area contributed by atoms with Gasteiger partial charge in [0, 0.05) is 18.5 Å². The van der Waals surface area contributed by atoms with Crippen molar-refractivity contribution in [3.05, 3.63) is 76.1 Å². The van der Waals surface area contributed by atoms with Gasteiger partial charge < -0.3 is 4.90 Å². The first-order valence-electron chi connectivity index (χ1n) is 15.4. The van der Waals surface area contributed by atoms with Gasteiger partial charge in [0.15, 0.2) is 5.78 Å². The molecule has 0 N–H and O–H groups in total. The molecule has 1 aliphatic heterocycles. The van der Waals surface area contributed by atoms with Gasteiger partial charge in [-0.1, -0.05) is 83.0 Å². The minimum atomic E-state index is -0.274. The lowest BCUT2D eigenvalue weighted by atomic mass is 9.80. The number of allylic oxidation sites excluding steroid dienone is 2. The highest BCUT2D eigenvalue weighted by molar-refractivity contribution is 5.94. The van der Waals surface area contributed by atoms with Crippen LogP contribution < -0.4 is 0 Å². The molecule has 2 aliphatic rings. The van der Waals surface area contributed by atoms with Crippen molar-refractivity contribution in [2.75, 3.05) is 19.6 Å². The van der Waals surface area contributed by atoms with Crippen LogP contribution in [0.1, 0.15) is 114 Å². The standard InChI is InChI=1S/C33H44FNO.C3H8/c1-6-33(4,5)22-35-17-15-25(16-18-35)19-27-12-11-26-9-7-8-10-30(26)31(23(27)2)20-29-14-13-28(24(3)36)21-32(29)34;1-3-2/h7-10,13-14,21,25,27H,6,11-12,15-20,22H2,1-5H3;3H2,1-2H3. The fraction of sp³-hybridized carbons (Fsp3) is 0.583. The Morgan fingerprint density at radius 1 is 1.03 bits per heavy atom. The van der Waals surface area contributed by atoms with Crippen LogP contribution in [0, 0.1) is 23.1 Å². The zero-order valence-corrected chi connectivity index (χ0v) is 25.7. The summed E-state index contributed by atoms with van der Waals surface area (Å²) in [6.07, 6.45) is 9.10. The lowest BCUT2D eigenvalue weighted by Gasteiger charge is -2.38. The van der Waals surface area contributed by atoms with Crippen molar-refractivity contribution in [2.24, 2.45) is 17.3 Å². The van der Waals surface area contributed by atoms with Crippen LogP contribution in [0.3, 0.4) is 0 Å². The SMILES string of the molecule is CCC.CCC(C)(C)CN1CCC(CC2CCc3ccccc3C(Cc3ccc(C(C)=O)cc3F)=C2C)CC1. The summed E-state index contributed by atoms with van der Waals surface area (Å²) in [5.74, 6) is 0.930. The number of hydrogen-bond donors (Lipinski definition) is 0. The molecule has 1 unspecified atom stereocenters. The van der Waals surface area contributed by atoms with E-state index < -0.39 is 0 Å². The van der Waals surface area contributed by atoms with Crippen molar-refractivity contribution in [3.63, 3.8) is 0 Å². The fourth-order valence-corrected chi connectivity index (χ4v) is 6.17. The number of likely N-dealkylation sites (tertiary alicyclic amines) is 1. The molecule has 1 atom stereocenters. The monoisotopic (exact) mass is 533 g/mol. The van der Waals surface area contributed by atoms with Crippen molar-refractivity contribution in [3.8, 4) is 0 Å². The van der Waals surface area contributed by atoms with Gasteiger partial charge in [0.05, 0.1) is 0 Å². The number of hydrogen-bond acceptors (Lipinski definition) is 2. The number of Topliss-reactive ketones (excluding diaryl/α,β-unsaturated/α-hetero) is 1. The minimum absolute atomic E-state index is 0.0972. The van der Waals surface area contributed by atoms with E-state index in [9.17, 15) is 4.79 Å². The largest absolute Gasteiger partial charge is 0.303 e. The van der Waals surface area contributed by atoms with Crippen molar-refractivity contribution >= 4 is 11.4 Å². The Morgan fingerprint density at radius 3 is 2.31 bits per heavy atom. The highest BCUT2D eigenvalue weighted by atomic mass is 19.1. The average Bonchev–Trinajstić information content (AvgIpc) is 3.03. The Bertz CT molecular complexity index is 1120. The second kappa shape index (κ2) is 14.4. The molecule has 0 amide bonds. The number of carbonyl (C=O) groups excluding carboxylic acids is 1. The number of ketones is 1. The fourth-order valence-electron chi connectivity index (χ4n) is 6.17. The predicted octanol–water partition coefficient (Wildman–Crippen LogP) is 9.56. The number of piperidine rings is 1. The van der Waals surface area contributed by atoms with Crippen LogP contribution in [-0.2, 0) is 12.8 Å². The lowest BCUT2D eigenvalue weighted by Crippen LogP contribution is -2.40. The van der Waals surface area contributed by atoms with E-state index in [2.05, 4.69) is 70.7 Å². The minimum Gasteiger partial charge on any atom is -0.303 e. The summed E-state index contributed by atoms with van der Waals surface area (Å²) < 4.78 is 15.0. The molecule has 1 fully saturated rings. The van der Waals surface area contributed by atoms with E-state index in [4.69, 9.17) is 0 Å². The third-order valence-corrected chi connectivity index (χ3v) is 8.95. The van der Waals surface area contributed by atoms with Crippen molar-refractivity contribution in [2.45, 2.75) is 99.8 Å². The maximum absolute atomic E-state index is 15.0. The van der Waals surface area contributed by atoms with Crippen LogP contribution in [0.25, 0.3) is 5.57 Å². The Balaban J connectivity index is 0.00000134. The number of fused-ring (bicyclic) bond motifs is 1. The van der Waals surface area contributed by atoms with Crippen LogP contribution in [0.2, 0.25) is 0 Å². The van der Waals surface area contributed by atoms with Crippen molar-refractivity contribution in [1.29, 1.82) is 0 Å². The van der Waals surface area contributed by atoms with Gasteiger partial charge in [0.1, 0.15) is 5.82 Å². The van der Waals surface area contributed by atoms with Crippen molar-refractivity contribution < 1.29 is 9.18 Å². The van der Waals surface area contributed by atoms with Crippen LogP contribution in [0.4, 0.5) is 4.39 Å². The molecule has 2 aromatic carbocycles. The molecule has 0 saturated carbocycles. The molecule has 2 nitrogen and oxygen atoms in total. The van der Waals surface area contributed by atoms with Gasteiger partial charge in [-0.05, 0) is 111 Å². The summed E-state index contributed by atoms with van der Waals surface area (Å²) in [4.78, 5) is 14.4. The molecule has 1 saturated heterocycles. The number of aryl methyl sites for hydroxylation is 1. The smallest absolute Gasteiger partial charge is 0.159 e. The summed E-state index contributed by atoms with van der Waals surface area (Å²) in [5, 5.41) is 0. The Morgan fingerprint density at radius 2 is 1.69 bits per heavy atom. The summed E-state index contributed by atoms with van der Waals surface area (Å²) in [6, 6.07) is 13.7. The van der Waals surface area contributed by atoms with E-state index in [0.717, 1.165) is 12.3 Å². The molecule has 214 valence electrons. The van der Waals surface area contributed by atoms with E-state index in [0.29, 0.717) is 28.9 Å². The second-order valence-corrected chi connectivity index (χ2v) is 12.8. The van der Waals surface area contributed by atoms with E-state index in [-0.39, 0.29) is 11.6 Å². The number of carbonyl (C=O) groups is 1. The van der Waals surface area contributed by atoms with E-state index in [1.54, 1.807) is 6.07 Å². The van der Waals surface area contributed by atoms with Crippen LogP contribution in [0.15, 0.2) is 48.0 Å². The summed E-state index contributed by atoms with van der Waals surface area (Å²) >= 11 is 0. The first-order valence-corrected chi connectivity index (χ1v) is 15.4. The molecule has 0 aromatic heterocycles. The Kier molecular flexibility index (Phi) is 11.5. The number of benzene rings is 2. The highest BCUT2D eigenvalue weighted by Gasteiger charge is 2.29. The zero-order valence-electron chi connectivity index (χ0n) is 25.7. The lowest BCUT2D eigenvalue weighted by molar-refractivity contribution is 0.101. The molecule has 1 aliphatic carbocycles. The van der Waals surface area contributed by atoms with Gasteiger partial charge in [-0.3, -0.25) is 4.79 Å². The molecular weight excluding hydrogens is 481 g/mol. The highest BCUT2D eigenvalue weighted by Crippen LogP contribution is 2.40. The molecule has 2 aromatic rings. The van der Waals surface area contributed by atoms with Crippen molar-refractivity contribution in [1.82, 2.24) is 4.90 Å². The maximum Gasteiger partial charge on any atom is 0.159 e. The van der Waals surface area contributed by atoms with Crippen LogP contribution in [-0.4, -0.2) is 30.3 Å². The maximum atomic E-state index is 15.0. The zero-order chi connectivity index (χ0) is 28.6. The van der Waals surface area contributed by atoms with Gasteiger partial charge >= 0.3 is 0 Å². The summed E-state index contributed by atoms with van der Waals surface area (Å²) in [6.45, 7) is 18.7. The molecule has 1 heterocycles. The van der Waals surface area contributed by atoms with E-state index in [1.165, 1.54) is 93.4 Å². The second-order valence-electron chi connectivity index (χ2n) is 12.8. The number of rotatable bonds is 8. The van der Waals surface area contributed by atoms with Crippen LogP contribution in [0.5, 0.6) is 0 Å². The first kappa shape index (κ1) is 31.3. The average molecular weight is 534 g/mol. The molecule has 39 heavy (non-hydrogen) atoms. The third-order valence-electron chi connectivity index (χ3n) is 8.95. The predicted molar refractivity (Wildman–Crippen MR) is 165 cm³/mol. The summed E-state index contributed by atoms with van der Waals surface area (Å²) in [5.41, 5.74) is 6.89. The van der Waals surface area contributed by atoms with Gasteiger partial charge in [0.2, 0.25) is 0 Å². The summed E-state index contributed by atoms with van der Waals surface area (Å²) in [7, 11) is 0. The molecule has 3 heteroatoms. The van der Waals surface area contributed by atoms with E-state index in [1.807, 2.05) is 6.07 Å². The van der Waals surface area contributed by atoms with E-state index >= 15 is 4.39 Å². The number of halogens is 1. The third kappa shape index (κ3) is 8.61. The Hall–Kier alpha value is -2.26. The quantitative estimate of drug-likeness (QED) is 0.315. The topological polar surface area (TPSA) is 20.3 Å². The molecular formula is C36H52FNO.